The van der Waals surface area contributed by atoms with Gasteiger partial charge in [-0.3, -0.25) is 14.9 Å². The summed E-state index contributed by atoms with van der Waals surface area (Å²) < 4.78 is 11.3. The molecular formula is C23H23N3O4S2. The number of hydrogen-bond donors (Lipinski definition) is 3. The number of primary amides is 1. The maximum Gasteiger partial charge on any atom is 0.261 e. The van der Waals surface area contributed by atoms with Crippen LogP contribution in [0.4, 0.5) is 5.00 Å². The standard InChI is InChI=1S/C23H23N3O4S2/c1-14-15(2)32-22(19(14)20(24)27)26-23(31)25-21(28)17-10-6-7-11-18(17)30-13-12-29-16-8-4-3-5-9-16/h3-11H,12-13H2,1-2H3,(H2,24,27)(H2,25,26,28,31). The lowest BCUT2D eigenvalue weighted by molar-refractivity contribution is 0.0970. The van der Waals surface area contributed by atoms with Crippen LogP contribution >= 0.6 is 23.6 Å². The van der Waals surface area contributed by atoms with Crippen molar-refractivity contribution in [1.29, 1.82) is 0 Å². The van der Waals surface area contributed by atoms with E-state index in [2.05, 4.69) is 10.6 Å². The molecule has 166 valence electrons. The summed E-state index contributed by atoms with van der Waals surface area (Å²) in [7, 11) is 0. The van der Waals surface area contributed by atoms with Crippen LogP contribution in [0.15, 0.2) is 54.6 Å². The average Bonchev–Trinajstić information content (AvgIpc) is 3.05. The summed E-state index contributed by atoms with van der Waals surface area (Å²) in [5.41, 5.74) is 6.96. The summed E-state index contributed by atoms with van der Waals surface area (Å²) in [5.74, 6) is 0.158. The fraction of sp³-hybridized carbons (Fsp3) is 0.174. The van der Waals surface area contributed by atoms with Gasteiger partial charge in [0.15, 0.2) is 5.11 Å². The monoisotopic (exact) mass is 469 g/mol. The normalized spacial score (nSPS) is 10.3. The van der Waals surface area contributed by atoms with Crippen LogP contribution < -0.4 is 25.8 Å². The highest BCUT2D eigenvalue weighted by Gasteiger charge is 2.19. The Morgan fingerprint density at radius 3 is 2.38 bits per heavy atom. The molecule has 0 aliphatic carbocycles. The van der Waals surface area contributed by atoms with E-state index in [0.29, 0.717) is 28.5 Å². The molecule has 2 amide bonds. The van der Waals surface area contributed by atoms with Crippen LogP contribution in [-0.4, -0.2) is 30.1 Å². The van der Waals surface area contributed by atoms with E-state index in [1.807, 2.05) is 44.2 Å². The van der Waals surface area contributed by atoms with Crippen LogP contribution in [0, 0.1) is 13.8 Å². The number of rotatable bonds is 8. The summed E-state index contributed by atoms with van der Waals surface area (Å²) in [4.78, 5) is 25.5. The molecular weight excluding hydrogens is 446 g/mol. The number of thiocarbonyl (C=S) groups is 1. The number of nitrogens with one attached hydrogen (secondary N) is 2. The number of thiophene rings is 1. The lowest BCUT2D eigenvalue weighted by Gasteiger charge is -2.13. The molecule has 0 bridgehead atoms. The smallest absolute Gasteiger partial charge is 0.261 e. The molecule has 0 atom stereocenters. The zero-order chi connectivity index (χ0) is 23.1. The number of ether oxygens (including phenoxy) is 2. The first-order chi connectivity index (χ1) is 15.4. The molecule has 0 saturated heterocycles. The summed E-state index contributed by atoms with van der Waals surface area (Å²) in [6.45, 7) is 4.28. The summed E-state index contributed by atoms with van der Waals surface area (Å²) in [5, 5.41) is 6.08. The predicted octanol–water partition coefficient (Wildman–Crippen LogP) is 4.05. The van der Waals surface area contributed by atoms with Crippen molar-refractivity contribution in [3.8, 4) is 11.5 Å². The number of hydrogen-bond acceptors (Lipinski definition) is 6. The number of nitrogens with two attached hydrogens (primary N) is 1. The van der Waals surface area contributed by atoms with E-state index in [9.17, 15) is 9.59 Å². The van der Waals surface area contributed by atoms with Crippen molar-refractivity contribution in [2.45, 2.75) is 13.8 Å². The van der Waals surface area contributed by atoms with Crippen molar-refractivity contribution in [3.63, 3.8) is 0 Å². The van der Waals surface area contributed by atoms with Crippen LogP contribution in [0.5, 0.6) is 11.5 Å². The largest absolute Gasteiger partial charge is 0.490 e. The lowest BCUT2D eigenvalue weighted by atomic mass is 10.1. The van der Waals surface area contributed by atoms with Gasteiger partial charge in [0.05, 0.1) is 11.1 Å². The minimum Gasteiger partial charge on any atom is -0.490 e. The number of anilines is 1. The van der Waals surface area contributed by atoms with Crippen molar-refractivity contribution in [1.82, 2.24) is 5.32 Å². The van der Waals surface area contributed by atoms with Crippen LogP contribution in [0.2, 0.25) is 0 Å². The van der Waals surface area contributed by atoms with Gasteiger partial charge < -0.3 is 20.5 Å². The highest BCUT2D eigenvalue weighted by atomic mass is 32.1. The Labute approximate surface area is 195 Å². The zero-order valence-corrected chi connectivity index (χ0v) is 19.3. The first kappa shape index (κ1) is 23.2. The second-order valence-electron chi connectivity index (χ2n) is 6.77. The van der Waals surface area contributed by atoms with Gasteiger partial charge >= 0.3 is 0 Å². The van der Waals surface area contributed by atoms with E-state index in [1.165, 1.54) is 11.3 Å². The molecule has 0 aliphatic heterocycles. The zero-order valence-electron chi connectivity index (χ0n) is 17.6. The number of carbonyl (C=O) groups is 2. The minimum absolute atomic E-state index is 0.0564. The van der Waals surface area contributed by atoms with Gasteiger partial charge in [-0.05, 0) is 55.9 Å². The van der Waals surface area contributed by atoms with Crippen molar-refractivity contribution < 1.29 is 19.1 Å². The molecule has 0 saturated carbocycles. The quantitative estimate of drug-likeness (QED) is 0.340. The van der Waals surface area contributed by atoms with Gasteiger partial charge in [-0.1, -0.05) is 30.3 Å². The van der Waals surface area contributed by atoms with E-state index in [0.717, 1.165) is 16.2 Å². The number of carbonyl (C=O) groups excluding carboxylic acids is 2. The molecule has 32 heavy (non-hydrogen) atoms. The molecule has 9 heteroatoms. The molecule has 0 spiro atoms. The average molecular weight is 470 g/mol. The first-order valence-corrected chi connectivity index (χ1v) is 11.0. The Morgan fingerprint density at radius 1 is 1.00 bits per heavy atom. The topological polar surface area (TPSA) is 103 Å². The van der Waals surface area contributed by atoms with Gasteiger partial charge in [0.2, 0.25) is 0 Å². The van der Waals surface area contributed by atoms with E-state index >= 15 is 0 Å². The Kier molecular flexibility index (Phi) is 7.80. The van der Waals surface area contributed by atoms with E-state index in [1.54, 1.807) is 24.3 Å². The van der Waals surface area contributed by atoms with Crippen LogP contribution in [0.3, 0.4) is 0 Å². The van der Waals surface area contributed by atoms with Gasteiger partial charge in [-0.25, -0.2) is 0 Å². The second-order valence-corrected chi connectivity index (χ2v) is 8.40. The van der Waals surface area contributed by atoms with Crippen LogP contribution in [-0.2, 0) is 0 Å². The number of para-hydroxylation sites is 2. The summed E-state index contributed by atoms with van der Waals surface area (Å²) in [6, 6.07) is 16.2. The summed E-state index contributed by atoms with van der Waals surface area (Å²) >= 11 is 6.61. The molecule has 1 aromatic heterocycles. The molecule has 0 radical (unpaired) electrons. The van der Waals surface area contributed by atoms with E-state index in [-0.39, 0.29) is 11.7 Å². The third-order valence-electron chi connectivity index (χ3n) is 4.57. The van der Waals surface area contributed by atoms with Crippen molar-refractivity contribution in [3.05, 3.63) is 76.2 Å². The number of aryl methyl sites for hydroxylation is 1. The first-order valence-electron chi connectivity index (χ1n) is 9.78. The third-order valence-corrected chi connectivity index (χ3v) is 5.90. The van der Waals surface area contributed by atoms with Crippen molar-refractivity contribution in [2.75, 3.05) is 18.5 Å². The van der Waals surface area contributed by atoms with Gasteiger partial charge in [0.1, 0.15) is 29.7 Å². The molecule has 7 nitrogen and oxygen atoms in total. The van der Waals surface area contributed by atoms with Crippen LogP contribution in [0.25, 0.3) is 0 Å². The maximum absolute atomic E-state index is 12.8. The fourth-order valence-electron chi connectivity index (χ4n) is 2.92. The molecule has 3 aromatic rings. The second kappa shape index (κ2) is 10.7. The fourth-order valence-corrected chi connectivity index (χ4v) is 4.25. The Bertz CT molecular complexity index is 1130. The molecule has 4 N–H and O–H groups in total. The Morgan fingerprint density at radius 2 is 1.66 bits per heavy atom. The highest BCUT2D eigenvalue weighted by Crippen LogP contribution is 2.32. The minimum atomic E-state index is -0.556. The van der Waals surface area contributed by atoms with Gasteiger partial charge in [0, 0.05) is 4.88 Å². The highest BCUT2D eigenvalue weighted by molar-refractivity contribution is 7.80. The van der Waals surface area contributed by atoms with E-state index in [4.69, 9.17) is 27.4 Å². The third kappa shape index (κ3) is 5.83. The Hall–Kier alpha value is -3.43. The predicted molar refractivity (Wildman–Crippen MR) is 130 cm³/mol. The van der Waals surface area contributed by atoms with Gasteiger partial charge in [0.25, 0.3) is 11.8 Å². The van der Waals surface area contributed by atoms with Crippen LogP contribution in [0.1, 0.15) is 31.2 Å². The number of amides is 2. The molecule has 0 unspecified atom stereocenters. The summed E-state index contributed by atoms with van der Waals surface area (Å²) in [6.07, 6.45) is 0. The van der Waals surface area contributed by atoms with Gasteiger partial charge in [-0.2, -0.15) is 0 Å². The van der Waals surface area contributed by atoms with E-state index < -0.39 is 11.8 Å². The van der Waals surface area contributed by atoms with Crippen molar-refractivity contribution in [2.24, 2.45) is 5.73 Å². The Balaban J connectivity index is 1.60. The van der Waals surface area contributed by atoms with Crippen molar-refractivity contribution >= 4 is 45.5 Å². The molecule has 1 heterocycles. The van der Waals surface area contributed by atoms with Gasteiger partial charge in [-0.15, -0.1) is 11.3 Å². The lowest BCUT2D eigenvalue weighted by Crippen LogP contribution is -2.34. The number of benzene rings is 2. The molecule has 2 aromatic carbocycles. The molecule has 3 rings (SSSR count). The molecule has 0 aliphatic rings. The molecule has 0 fully saturated rings. The maximum atomic E-state index is 12.8. The SMILES string of the molecule is Cc1sc(NC(=S)NC(=O)c2ccccc2OCCOc2ccccc2)c(C(N)=O)c1C.